The van der Waals surface area contributed by atoms with Crippen molar-refractivity contribution < 1.29 is 4.84 Å². The predicted molar refractivity (Wildman–Crippen MR) is 59.5 cm³/mol. The number of rotatable bonds is 2. The van der Waals surface area contributed by atoms with Crippen LogP contribution in [-0.4, -0.2) is 25.4 Å². The highest BCUT2D eigenvalue weighted by Gasteiger charge is 2.29. The molecule has 0 spiro atoms. The summed E-state index contributed by atoms with van der Waals surface area (Å²) in [5.41, 5.74) is -0.151. The Morgan fingerprint density at radius 2 is 2.40 bits per heavy atom. The molecular formula is C9H14N4OS. The Morgan fingerprint density at radius 1 is 1.60 bits per heavy atom. The molecule has 0 aromatic carbocycles. The lowest BCUT2D eigenvalue weighted by molar-refractivity contribution is 0.0123. The fraction of sp³-hybridized carbons (Fsp3) is 0.667. The molecule has 1 aliphatic heterocycles. The molecule has 0 radical (unpaired) electrons. The maximum Gasteiger partial charge on any atom is 0.142 e. The summed E-state index contributed by atoms with van der Waals surface area (Å²) in [6.45, 7) is 4.07. The van der Waals surface area contributed by atoms with Gasteiger partial charge in [0.25, 0.3) is 0 Å². The van der Waals surface area contributed by atoms with Crippen LogP contribution in [0.3, 0.4) is 0 Å². The van der Waals surface area contributed by atoms with Crippen molar-refractivity contribution >= 4 is 16.8 Å². The Labute approximate surface area is 92.9 Å². The highest BCUT2D eigenvalue weighted by Crippen LogP contribution is 2.28. The third-order valence-corrected chi connectivity index (χ3v) is 3.10. The van der Waals surface area contributed by atoms with E-state index in [1.807, 2.05) is 25.5 Å². The minimum atomic E-state index is -0.151. The van der Waals surface area contributed by atoms with Gasteiger partial charge in [-0.25, -0.2) is 0 Å². The third-order valence-electron chi connectivity index (χ3n) is 2.14. The summed E-state index contributed by atoms with van der Waals surface area (Å²) in [4.78, 5) is 5.28. The van der Waals surface area contributed by atoms with Gasteiger partial charge in [-0.3, -0.25) is 0 Å². The molecule has 0 N–H and O–H groups in total. The fourth-order valence-corrected chi connectivity index (χ4v) is 2.36. The molecule has 82 valence electrons. The number of hydrogen-bond donors (Lipinski definition) is 0. The zero-order valence-corrected chi connectivity index (χ0v) is 9.91. The molecule has 0 fully saturated rings. The van der Waals surface area contributed by atoms with Crippen LogP contribution in [0.2, 0.25) is 0 Å². The fourth-order valence-electron chi connectivity index (χ4n) is 1.27. The van der Waals surface area contributed by atoms with Gasteiger partial charge in [-0.2, -0.15) is 0 Å². The smallest absolute Gasteiger partial charge is 0.142 e. The van der Waals surface area contributed by atoms with E-state index in [0.29, 0.717) is 0 Å². The van der Waals surface area contributed by atoms with E-state index in [9.17, 15) is 0 Å². The quantitative estimate of drug-likeness (QED) is 0.768. The third kappa shape index (κ3) is 2.50. The van der Waals surface area contributed by atoms with Crippen LogP contribution >= 0.6 is 11.8 Å². The van der Waals surface area contributed by atoms with E-state index in [2.05, 4.69) is 15.4 Å². The number of oxime groups is 1. The second-order valence-electron chi connectivity index (χ2n) is 4.16. The Balaban J connectivity index is 1.88. The topological polar surface area (TPSA) is 52.3 Å². The van der Waals surface area contributed by atoms with Crippen LogP contribution in [0.25, 0.3) is 0 Å². The summed E-state index contributed by atoms with van der Waals surface area (Å²) in [6, 6.07) is 0. The zero-order valence-electron chi connectivity index (χ0n) is 9.10. The molecule has 0 saturated carbocycles. The molecule has 15 heavy (non-hydrogen) atoms. The van der Waals surface area contributed by atoms with Crippen molar-refractivity contribution in [3.05, 3.63) is 12.2 Å². The minimum absolute atomic E-state index is 0.151. The normalized spacial score (nSPS) is 18.7. The molecule has 0 bridgehead atoms. The Kier molecular flexibility index (Phi) is 2.68. The Hall–Kier alpha value is -1.04. The maximum atomic E-state index is 5.28. The first kappa shape index (κ1) is 10.5. The number of thioether (sulfide) groups is 1. The number of aryl methyl sites for hydroxylation is 1. The van der Waals surface area contributed by atoms with Crippen molar-refractivity contribution in [3.8, 4) is 0 Å². The van der Waals surface area contributed by atoms with Gasteiger partial charge < -0.3 is 9.40 Å². The zero-order chi connectivity index (χ0) is 10.9. The van der Waals surface area contributed by atoms with Crippen LogP contribution < -0.4 is 0 Å². The monoisotopic (exact) mass is 226 g/mol. The number of aromatic nitrogens is 3. The summed E-state index contributed by atoms with van der Waals surface area (Å²) >= 11 is 1.66. The summed E-state index contributed by atoms with van der Waals surface area (Å²) in [5, 5.41) is 12.9. The largest absolute Gasteiger partial charge is 0.389 e. The summed E-state index contributed by atoms with van der Waals surface area (Å²) in [6.07, 6.45) is 2.57. The maximum absolute atomic E-state index is 5.28. The van der Waals surface area contributed by atoms with Gasteiger partial charge in [0.1, 0.15) is 22.8 Å². The summed E-state index contributed by atoms with van der Waals surface area (Å²) in [5.74, 6) is 1.74. The Bertz CT molecular complexity index is 385. The summed E-state index contributed by atoms with van der Waals surface area (Å²) in [7, 11) is 1.94. The van der Waals surface area contributed by atoms with Gasteiger partial charge in [0.2, 0.25) is 0 Å². The molecule has 0 aliphatic carbocycles. The van der Waals surface area contributed by atoms with Crippen LogP contribution in [0.15, 0.2) is 11.5 Å². The minimum Gasteiger partial charge on any atom is -0.389 e. The van der Waals surface area contributed by atoms with Crippen LogP contribution in [0.5, 0.6) is 0 Å². The van der Waals surface area contributed by atoms with Crippen LogP contribution in [0.4, 0.5) is 0 Å². The highest BCUT2D eigenvalue weighted by atomic mass is 32.2. The first-order chi connectivity index (χ1) is 7.07. The lowest BCUT2D eigenvalue weighted by atomic mass is 10.1. The standard InChI is InChI=1S/C9H14N4OS/c1-9(2)4-8(12-14-9)15-5-7-11-10-6-13(7)3/h6H,4-5H2,1-3H3. The van der Waals surface area contributed by atoms with Crippen LogP contribution in [-0.2, 0) is 17.6 Å². The van der Waals surface area contributed by atoms with Gasteiger partial charge >= 0.3 is 0 Å². The van der Waals surface area contributed by atoms with E-state index < -0.39 is 0 Å². The van der Waals surface area contributed by atoms with Gasteiger partial charge in [0.15, 0.2) is 0 Å². The molecule has 1 aromatic heterocycles. The molecule has 0 amide bonds. The van der Waals surface area contributed by atoms with E-state index in [-0.39, 0.29) is 5.60 Å². The highest BCUT2D eigenvalue weighted by molar-refractivity contribution is 8.13. The molecule has 0 unspecified atom stereocenters. The van der Waals surface area contributed by atoms with Crippen molar-refractivity contribution in [2.24, 2.45) is 12.2 Å². The molecule has 0 saturated heterocycles. The second-order valence-corrected chi connectivity index (χ2v) is 5.21. The van der Waals surface area contributed by atoms with Gasteiger partial charge in [0, 0.05) is 13.5 Å². The Morgan fingerprint density at radius 3 is 2.93 bits per heavy atom. The first-order valence-corrected chi connectivity index (χ1v) is 5.76. The average Bonchev–Trinajstić information content (AvgIpc) is 2.69. The lowest BCUT2D eigenvalue weighted by Crippen LogP contribution is -2.18. The van der Waals surface area contributed by atoms with E-state index in [1.165, 1.54) is 0 Å². The van der Waals surface area contributed by atoms with Gasteiger partial charge in [0.05, 0.1) is 5.75 Å². The van der Waals surface area contributed by atoms with E-state index in [0.717, 1.165) is 23.0 Å². The van der Waals surface area contributed by atoms with Crippen molar-refractivity contribution in [1.29, 1.82) is 0 Å². The molecule has 2 heterocycles. The molecule has 0 atom stereocenters. The molecular weight excluding hydrogens is 212 g/mol. The van der Waals surface area contributed by atoms with Crippen molar-refractivity contribution in [3.63, 3.8) is 0 Å². The number of nitrogens with zero attached hydrogens (tertiary/aromatic N) is 4. The van der Waals surface area contributed by atoms with E-state index in [1.54, 1.807) is 18.1 Å². The van der Waals surface area contributed by atoms with Gasteiger partial charge in [-0.05, 0) is 13.8 Å². The van der Waals surface area contributed by atoms with Crippen LogP contribution in [0, 0.1) is 0 Å². The number of hydrogen-bond acceptors (Lipinski definition) is 5. The van der Waals surface area contributed by atoms with Crippen LogP contribution in [0.1, 0.15) is 26.1 Å². The SMILES string of the molecule is Cn1cnnc1CSC1=NOC(C)(C)C1. The van der Waals surface area contributed by atoms with Crippen molar-refractivity contribution in [2.75, 3.05) is 0 Å². The van der Waals surface area contributed by atoms with Gasteiger partial charge in [-0.1, -0.05) is 16.9 Å². The van der Waals surface area contributed by atoms with E-state index in [4.69, 9.17) is 4.84 Å². The second kappa shape index (κ2) is 3.84. The molecule has 2 rings (SSSR count). The molecule has 1 aromatic rings. The lowest BCUT2D eigenvalue weighted by Gasteiger charge is -2.12. The first-order valence-electron chi connectivity index (χ1n) is 4.77. The summed E-state index contributed by atoms with van der Waals surface area (Å²) < 4.78 is 1.91. The molecule has 1 aliphatic rings. The van der Waals surface area contributed by atoms with Crippen molar-refractivity contribution in [1.82, 2.24) is 14.8 Å². The average molecular weight is 226 g/mol. The predicted octanol–water partition coefficient (Wildman–Crippen LogP) is 1.56. The van der Waals surface area contributed by atoms with Gasteiger partial charge in [-0.15, -0.1) is 10.2 Å². The van der Waals surface area contributed by atoms with Crippen molar-refractivity contribution in [2.45, 2.75) is 31.6 Å². The molecule has 6 heteroatoms. The van der Waals surface area contributed by atoms with E-state index >= 15 is 0 Å². The molecule has 5 nitrogen and oxygen atoms in total.